The van der Waals surface area contributed by atoms with Gasteiger partial charge in [-0.15, -0.1) is 6.42 Å². The molecule has 0 radical (unpaired) electrons. The molecule has 0 aliphatic heterocycles. The van der Waals surface area contributed by atoms with Gasteiger partial charge in [-0.25, -0.2) is 9.59 Å². The third-order valence-corrected chi connectivity index (χ3v) is 5.68. The highest BCUT2D eigenvalue weighted by Gasteiger charge is 2.35. The number of hydrogen-bond donors (Lipinski definition) is 1. The number of ether oxygens (including phenoxy) is 2. The third kappa shape index (κ3) is 14.6. The Morgan fingerprint density at radius 2 is 1.45 bits per heavy atom. The van der Waals surface area contributed by atoms with Gasteiger partial charge in [0, 0.05) is 20.2 Å². The zero-order valence-electron chi connectivity index (χ0n) is 24.7. The molecule has 12 heteroatoms. The molecule has 1 aromatic rings. The Balaban J connectivity index is 0. The lowest BCUT2D eigenvalue weighted by molar-refractivity contribution is 0.00914. The van der Waals surface area contributed by atoms with Crippen molar-refractivity contribution in [3.05, 3.63) is 17.5 Å². The van der Waals surface area contributed by atoms with E-state index in [0.29, 0.717) is 16.4 Å². The summed E-state index contributed by atoms with van der Waals surface area (Å²) in [5, 5.41) is 16.6. The summed E-state index contributed by atoms with van der Waals surface area (Å²) in [6, 6.07) is 1.83. The molecule has 0 spiro atoms. The van der Waals surface area contributed by atoms with Crippen LogP contribution < -0.4 is 0 Å². The number of amides is 2. The summed E-state index contributed by atoms with van der Waals surface area (Å²) < 4.78 is 15.7. The van der Waals surface area contributed by atoms with E-state index in [1.807, 2.05) is 40.7 Å². The Kier molecular flexibility index (Phi) is 15.9. The van der Waals surface area contributed by atoms with Crippen molar-refractivity contribution in [2.24, 2.45) is 5.16 Å². The number of alkyl halides is 2. The maximum atomic E-state index is 12.1. The molecule has 10 nitrogen and oxygen atoms in total. The molecule has 0 saturated carbocycles. The van der Waals surface area contributed by atoms with E-state index in [1.165, 1.54) is 16.0 Å². The van der Waals surface area contributed by atoms with Gasteiger partial charge in [-0.2, -0.15) is 0 Å². The molecule has 2 amide bonds. The van der Waals surface area contributed by atoms with Crippen molar-refractivity contribution < 1.29 is 28.8 Å². The maximum Gasteiger partial charge on any atom is 0.410 e. The molecule has 38 heavy (non-hydrogen) atoms. The van der Waals surface area contributed by atoms with Crippen LogP contribution in [0.2, 0.25) is 0 Å². The smallest absolute Gasteiger partial charge is 0.410 e. The van der Waals surface area contributed by atoms with Crippen LogP contribution in [-0.4, -0.2) is 74.7 Å². The lowest BCUT2D eigenvalue weighted by atomic mass is 9.99. The molecular weight excluding hydrogens is 624 g/mol. The third-order valence-electron chi connectivity index (χ3n) is 4.81. The summed E-state index contributed by atoms with van der Waals surface area (Å²) in [4.78, 5) is 26.6. The average molecular weight is 668 g/mol. The maximum absolute atomic E-state index is 12.1. The highest BCUT2D eigenvalue weighted by Crippen LogP contribution is 2.28. The number of carbonyl (C=O) groups is 2. The van der Waals surface area contributed by atoms with E-state index in [9.17, 15) is 9.59 Å². The highest BCUT2D eigenvalue weighted by atomic mass is 79.9. The number of aromatic nitrogens is 1. The Bertz CT molecular complexity index is 941. The first-order valence-corrected chi connectivity index (χ1v) is 14.0. The number of terminal acetylenes is 1. The summed E-state index contributed by atoms with van der Waals surface area (Å²) in [7, 11) is 3.28. The molecule has 218 valence electrons. The monoisotopic (exact) mass is 666 g/mol. The van der Waals surface area contributed by atoms with Crippen molar-refractivity contribution in [1.29, 1.82) is 0 Å². The number of rotatable bonds is 5. The van der Waals surface area contributed by atoms with E-state index in [-0.39, 0.29) is 6.09 Å². The Morgan fingerprint density at radius 3 is 1.76 bits per heavy atom. The van der Waals surface area contributed by atoms with Gasteiger partial charge in [-0.1, -0.05) is 48.1 Å². The van der Waals surface area contributed by atoms with E-state index in [1.54, 1.807) is 48.7 Å². The number of oxime groups is 1. The molecule has 1 rings (SSSR count). The molecular formula is C26H44Br2N4O6. The first-order valence-electron chi connectivity index (χ1n) is 11.7. The summed E-state index contributed by atoms with van der Waals surface area (Å²) in [6.45, 7) is 18.2. The van der Waals surface area contributed by atoms with Crippen molar-refractivity contribution in [2.75, 3.05) is 19.4 Å². The molecule has 0 bridgehead atoms. The van der Waals surface area contributed by atoms with Gasteiger partial charge >= 0.3 is 12.2 Å². The second kappa shape index (κ2) is 16.0. The first-order chi connectivity index (χ1) is 17.1. The van der Waals surface area contributed by atoms with Gasteiger partial charge in [-0.3, -0.25) is 0 Å². The summed E-state index contributed by atoms with van der Waals surface area (Å²) in [5.41, 5.74) is -1.65. The summed E-state index contributed by atoms with van der Waals surface area (Å²) in [6.07, 6.45) is 5.17. The van der Waals surface area contributed by atoms with Crippen LogP contribution in [-0.2, 0) is 20.3 Å². The number of carbonyl (C=O) groups excluding carboxylic acids is 2. The predicted molar refractivity (Wildman–Crippen MR) is 157 cm³/mol. The second-order valence-corrected chi connectivity index (χ2v) is 12.3. The molecule has 0 atom stereocenters. The molecule has 0 fully saturated rings. The number of nitrogens with zero attached hydrogens (tertiary/aromatic N) is 4. The second-order valence-electron chi connectivity index (χ2n) is 11.2. The van der Waals surface area contributed by atoms with Crippen molar-refractivity contribution in [2.45, 2.75) is 96.8 Å². The molecule has 0 aliphatic carbocycles. The Labute approximate surface area is 244 Å². The van der Waals surface area contributed by atoms with Crippen molar-refractivity contribution in [3.63, 3.8) is 0 Å². The van der Waals surface area contributed by atoms with Gasteiger partial charge in [0.2, 0.25) is 0 Å². The van der Waals surface area contributed by atoms with Crippen molar-refractivity contribution >= 4 is 50.3 Å². The normalized spacial score (nSPS) is 11.8. The van der Waals surface area contributed by atoms with Crippen LogP contribution in [0.5, 0.6) is 0 Å². The van der Waals surface area contributed by atoms with Gasteiger partial charge in [0.15, 0.2) is 0 Å². The lowest BCUT2D eigenvalue weighted by Gasteiger charge is -2.35. The minimum Gasteiger partial charge on any atom is -0.444 e. The van der Waals surface area contributed by atoms with Crippen LogP contribution in [0.1, 0.15) is 80.7 Å². The van der Waals surface area contributed by atoms with Crippen LogP contribution in [0.25, 0.3) is 0 Å². The molecule has 0 unspecified atom stereocenters. The summed E-state index contributed by atoms with van der Waals surface area (Å²) >= 11 is 6.32. The topological polar surface area (TPSA) is 118 Å². The molecule has 1 aromatic heterocycles. The standard InChI is InChI=1S/C13H21BrN2O3.C10H20N2O3.C3H3Br/c1-12(2,3)18-11(17)16(6)13(4,5)10-7-9(8-14)19-15-10;1-9(2,3)15-8(13)12(6)10(4,5)7-11-14;1-2-3-4/h7H,8H2,1-6H3;7,14H,1-6H3;1H,3H2/b;11-7+;. The Morgan fingerprint density at radius 1 is 1.03 bits per heavy atom. The number of halogens is 2. The lowest BCUT2D eigenvalue weighted by Crippen LogP contribution is -2.48. The molecule has 0 aromatic carbocycles. The van der Waals surface area contributed by atoms with E-state index in [2.05, 4.69) is 48.1 Å². The number of hydrogen-bond acceptors (Lipinski definition) is 8. The quantitative estimate of drug-likeness (QED) is 0.121. The fourth-order valence-electron chi connectivity index (χ4n) is 2.19. The first kappa shape index (κ1) is 37.9. The van der Waals surface area contributed by atoms with Gasteiger partial charge < -0.3 is 29.0 Å². The van der Waals surface area contributed by atoms with E-state index >= 15 is 0 Å². The van der Waals surface area contributed by atoms with Crippen LogP contribution in [0, 0.1) is 12.3 Å². The zero-order valence-corrected chi connectivity index (χ0v) is 27.9. The fourth-order valence-corrected chi connectivity index (χ4v) is 2.45. The van der Waals surface area contributed by atoms with Gasteiger partial charge in [0.1, 0.15) is 22.7 Å². The van der Waals surface area contributed by atoms with Crippen LogP contribution >= 0.6 is 31.9 Å². The van der Waals surface area contributed by atoms with Gasteiger partial charge in [0.25, 0.3) is 0 Å². The summed E-state index contributed by atoms with van der Waals surface area (Å²) in [5.74, 6) is 3.07. The van der Waals surface area contributed by atoms with E-state index in [4.69, 9.17) is 25.6 Å². The zero-order chi connectivity index (χ0) is 30.5. The SMILES string of the molecule is C#CCBr.CN(C(=O)OC(C)(C)C)C(C)(C)/C=N/O.CN(C(=O)OC(C)(C)C)C(C)(C)c1cc(CBr)on1. The molecule has 1 N–H and O–H groups in total. The Hall–Kier alpha value is -2.26. The fraction of sp³-hybridized carbons (Fsp3) is 0.692. The molecule has 1 heterocycles. The minimum absolute atomic E-state index is 0.388. The van der Waals surface area contributed by atoms with Crippen LogP contribution in [0.3, 0.4) is 0 Å². The predicted octanol–water partition coefficient (Wildman–Crippen LogP) is 6.78. The van der Waals surface area contributed by atoms with E-state index in [0.717, 1.165) is 5.76 Å². The minimum atomic E-state index is -0.683. The van der Waals surface area contributed by atoms with E-state index < -0.39 is 28.4 Å². The van der Waals surface area contributed by atoms with Gasteiger partial charge in [-0.05, 0) is 69.2 Å². The van der Waals surface area contributed by atoms with Gasteiger partial charge in [0.05, 0.1) is 28.0 Å². The molecule has 0 saturated heterocycles. The largest absolute Gasteiger partial charge is 0.444 e. The van der Waals surface area contributed by atoms with Crippen LogP contribution in [0.4, 0.5) is 9.59 Å². The van der Waals surface area contributed by atoms with Crippen LogP contribution in [0.15, 0.2) is 15.7 Å². The average Bonchev–Trinajstić information content (AvgIpc) is 3.26. The molecule has 0 aliphatic rings. The van der Waals surface area contributed by atoms with Crippen molar-refractivity contribution in [3.8, 4) is 12.3 Å². The van der Waals surface area contributed by atoms with Crippen molar-refractivity contribution in [1.82, 2.24) is 15.0 Å². The highest BCUT2D eigenvalue weighted by molar-refractivity contribution is 9.09.